The van der Waals surface area contributed by atoms with Crippen molar-refractivity contribution in [1.82, 2.24) is 0 Å². The number of hydrogen-bond acceptors (Lipinski definition) is 5. The van der Waals surface area contributed by atoms with Crippen LogP contribution in [0.4, 0.5) is 11.4 Å². The quantitative estimate of drug-likeness (QED) is 0.676. The van der Waals surface area contributed by atoms with Gasteiger partial charge in [0.15, 0.2) is 11.5 Å². The number of rotatable bonds is 3. The Morgan fingerprint density at radius 3 is 2.50 bits per heavy atom. The molecule has 24 heavy (non-hydrogen) atoms. The van der Waals surface area contributed by atoms with E-state index in [-0.39, 0.29) is 5.69 Å². The summed E-state index contributed by atoms with van der Waals surface area (Å²) in [6.07, 6.45) is 0. The van der Waals surface area contributed by atoms with Gasteiger partial charge in [-0.1, -0.05) is 11.6 Å². The van der Waals surface area contributed by atoms with Crippen molar-refractivity contribution in [3.63, 3.8) is 0 Å². The van der Waals surface area contributed by atoms with E-state index < -0.39 is 10.8 Å². The van der Waals surface area contributed by atoms with Crippen LogP contribution in [-0.2, 0) is 0 Å². The number of nitro benzene ring substituents is 1. The van der Waals surface area contributed by atoms with Crippen LogP contribution >= 0.6 is 11.6 Å². The minimum atomic E-state index is -0.491. The van der Waals surface area contributed by atoms with E-state index in [2.05, 4.69) is 5.32 Å². The second-order valence-corrected chi connectivity index (χ2v) is 5.60. The van der Waals surface area contributed by atoms with Crippen LogP contribution in [0.2, 0.25) is 5.02 Å². The summed E-state index contributed by atoms with van der Waals surface area (Å²) in [5.74, 6) is 0.600. The SMILES string of the molecule is Cc1cc(C(=O)Nc2cc3c(cc2Cl)OCCO3)ccc1[N+](=O)[O-]. The lowest BCUT2D eigenvalue weighted by molar-refractivity contribution is -0.385. The van der Waals surface area contributed by atoms with Crippen LogP contribution in [0.5, 0.6) is 11.5 Å². The molecular weight excluding hydrogens is 336 g/mol. The Hall–Kier alpha value is -2.80. The smallest absolute Gasteiger partial charge is 0.272 e. The first-order valence-electron chi connectivity index (χ1n) is 7.11. The number of benzene rings is 2. The van der Waals surface area contributed by atoms with Crippen LogP contribution in [0.3, 0.4) is 0 Å². The summed E-state index contributed by atoms with van der Waals surface area (Å²) < 4.78 is 10.9. The molecule has 7 nitrogen and oxygen atoms in total. The third-order valence-electron chi connectivity index (χ3n) is 3.54. The molecule has 0 atom stereocenters. The molecule has 0 bridgehead atoms. The molecule has 0 unspecified atom stereocenters. The van der Waals surface area contributed by atoms with Gasteiger partial charge in [-0.05, 0) is 19.1 Å². The Labute approximate surface area is 142 Å². The summed E-state index contributed by atoms with van der Waals surface area (Å²) in [4.78, 5) is 22.7. The zero-order chi connectivity index (χ0) is 17.3. The molecule has 0 fully saturated rings. The maximum absolute atomic E-state index is 12.4. The van der Waals surface area contributed by atoms with Gasteiger partial charge in [-0.3, -0.25) is 14.9 Å². The van der Waals surface area contributed by atoms with Crippen molar-refractivity contribution in [2.45, 2.75) is 6.92 Å². The van der Waals surface area contributed by atoms with E-state index in [1.807, 2.05) is 0 Å². The largest absolute Gasteiger partial charge is 0.486 e. The van der Waals surface area contributed by atoms with E-state index in [9.17, 15) is 14.9 Å². The first-order valence-corrected chi connectivity index (χ1v) is 7.49. The standard InChI is InChI=1S/C16H13ClN2O5/c1-9-6-10(2-3-13(9)19(21)22)16(20)18-12-8-15-14(7-11(12)17)23-4-5-24-15/h2-3,6-8H,4-5H2,1H3,(H,18,20). The number of fused-ring (bicyclic) bond motifs is 1. The van der Waals surface area contributed by atoms with Crippen LogP contribution in [-0.4, -0.2) is 24.0 Å². The molecule has 2 aromatic carbocycles. The van der Waals surface area contributed by atoms with Gasteiger partial charge < -0.3 is 14.8 Å². The van der Waals surface area contributed by atoms with E-state index in [1.165, 1.54) is 18.2 Å². The molecule has 1 aliphatic rings. The van der Waals surface area contributed by atoms with Crippen LogP contribution in [0, 0.1) is 17.0 Å². The van der Waals surface area contributed by atoms with Crippen molar-refractivity contribution in [3.8, 4) is 11.5 Å². The number of aryl methyl sites for hydroxylation is 1. The number of carbonyl (C=O) groups excluding carboxylic acids is 1. The average molecular weight is 349 g/mol. The van der Waals surface area contributed by atoms with Crippen LogP contribution in [0.1, 0.15) is 15.9 Å². The minimum Gasteiger partial charge on any atom is -0.486 e. The van der Waals surface area contributed by atoms with E-state index in [4.69, 9.17) is 21.1 Å². The maximum atomic E-state index is 12.4. The summed E-state index contributed by atoms with van der Waals surface area (Å²) in [5, 5.41) is 13.8. The average Bonchev–Trinajstić information content (AvgIpc) is 2.55. The first-order chi connectivity index (χ1) is 11.5. The molecule has 0 aliphatic carbocycles. The first kappa shape index (κ1) is 16.1. The molecule has 8 heteroatoms. The Morgan fingerprint density at radius 1 is 1.21 bits per heavy atom. The number of anilines is 1. The van der Waals surface area contributed by atoms with Crippen LogP contribution < -0.4 is 14.8 Å². The van der Waals surface area contributed by atoms with Gasteiger partial charge in [0.1, 0.15) is 13.2 Å². The molecule has 0 aromatic heterocycles. The molecule has 1 N–H and O–H groups in total. The predicted molar refractivity (Wildman–Crippen MR) is 88.2 cm³/mol. The van der Waals surface area contributed by atoms with Gasteiger partial charge in [0, 0.05) is 29.3 Å². The van der Waals surface area contributed by atoms with Crippen molar-refractivity contribution in [2.75, 3.05) is 18.5 Å². The van der Waals surface area contributed by atoms with Crippen molar-refractivity contribution in [1.29, 1.82) is 0 Å². The lowest BCUT2D eigenvalue weighted by Crippen LogP contribution is -2.17. The highest BCUT2D eigenvalue weighted by molar-refractivity contribution is 6.34. The third-order valence-corrected chi connectivity index (χ3v) is 3.85. The number of halogens is 1. The highest BCUT2D eigenvalue weighted by Crippen LogP contribution is 2.38. The number of ether oxygens (including phenoxy) is 2. The topological polar surface area (TPSA) is 90.7 Å². The molecule has 3 rings (SSSR count). The maximum Gasteiger partial charge on any atom is 0.272 e. The summed E-state index contributed by atoms with van der Waals surface area (Å²) in [5.41, 5.74) is 1.04. The van der Waals surface area contributed by atoms with Gasteiger partial charge in [-0.15, -0.1) is 0 Å². The second kappa shape index (κ2) is 6.37. The number of amides is 1. The summed E-state index contributed by atoms with van der Waals surface area (Å²) in [6, 6.07) is 7.32. The third kappa shape index (κ3) is 3.11. The molecule has 124 valence electrons. The molecule has 1 heterocycles. The van der Waals surface area contributed by atoms with Crippen molar-refractivity contribution >= 4 is 28.9 Å². The Kier molecular flexibility index (Phi) is 4.26. The molecule has 1 amide bonds. The number of carbonyl (C=O) groups is 1. The van der Waals surface area contributed by atoms with E-state index in [0.717, 1.165) is 0 Å². The zero-order valence-corrected chi connectivity index (χ0v) is 13.4. The molecule has 0 radical (unpaired) electrons. The van der Waals surface area contributed by atoms with Crippen LogP contribution in [0.25, 0.3) is 0 Å². The molecule has 2 aromatic rings. The summed E-state index contributed by atoms with van der Waals surface area (Å²) in [7, 11) is 0. The van der Waals surface area contributed by atoms with Gasteiger partial charge >= 0.3 is 0 Å². The molecule has 0 spiro atoms. The summed E-state index contributed by atoms with van der Waals surface area (Å²) in [6.45, 7) is 2.44. The Morgan fingerprint density at radius 2 is 1.88 bits per heavy atom. The molecule has 0 saturated heterocycles. The van der Waals surface area contributed by atoms with Gasteiger partial charge in [-0.25, -0.2) is 0 Å². The van der Waals surface area contributed by atoms with E-state index >= 15 is 0 Å². The number of nitrogens with zero attached hydrogens (tertiary/aromatic N) is 1. The van der Waals surface area contributed by atoms with E-state index in [1.54, 1.807) is 19.1 Å². The van der Waals surface area contributed by atoms with Gasteiger partial charge in [-0.2, -0.15) is 0 Å². The number of nitrogens with one attached hydrogen (secondary N) is 1. The van der Waals surface area contributed by atoms with Gasteiger partial charge in [0.05, 0.1) is 15.6 Å². The second-order valence-electron chi connectivity index (χ2n) is 5.19. The van der Waals surface area contributed by atoms with Gasteiger partial charge in [0.25, 0.3) is 11.6 Å². The van der Waals surface area contributed by atoms with Crippen molar-refractivity contribution < 1.29 is 19.2 Å². The molecule has 0 saturated carbocycles. The Bertz CT molecular complexity index is 837. The van der Waals surface area contributed by atoms with Crippen molar-refractivity contribution in [3.05, 3.63) is 56.6 Å². The predicted octanol–water partition coefficient (Wildman–Crippen LogP) is 3.58. The lowest BCUT2D eigenvalue weighted by Gasteiger charge is -2.20. The number of hydrogen-bond donors (Lipinski definition) is 1. The fourth-order valence-electron chi connectivity index (χ4n) is 2.36. The van der Waals surface area contributed by atoms with Crippen LogP contribution in [0.15, 0.2) is 30.3 Å². The molecular formula is C16H13ClN2O5. The lowest BCUT2D eigenvalue weighted by atomic mass is 10.1. The normalized spacial score (nSPS) is 12.6. The minimum absolute atomic E-state index is 0.0380. The van der Waals surface area contributed by atoms with E-state index in [0.29, 0.717) is 46.5 Å². The van der Waals surface area contributed by atoms with Crippen molar-refractivity contribution in [2.24, 2.45) is 0 Å². The number of nitro groups is 1. The monoisotopic (exact) mass is 348 g/mol. The zero-order valence-electron chi connectivity index (χ0n) is 12.7. The highest BCUT2D eigenvalue weighted by atomic mass is 35.5. The summed E-state index contributed by atoms with van der Waals surface area (Å²) >= 11 is 6.15. The Balaban J connectivity index is 1.85. The molecule has 1 aliphatic heterocycles. The highest BCUT2D eigenvalue weighted by Gasteiger charge is 2.18. The van der Waals surface area contributed by atoms with Gasteiger partial charge in [0.2, 0.25) is 0 Å². The fraction of sp³-hybridized carbons (Fsp3) is 0.188. The fourth-order valence-corrected chi connectivity index (χ4v) is 2.56.